The smallest absolute Gasteiger partial charge is 0.251 e. The lowest BCUT2D eigenvalue weighted by atomic mass is 10.3. The quantitative estimate of drug-likeness (QED) is 0.652. The fourth-order valence-electron chi connectivity index (χ4n) is 1.81. The number of methoxy groups -OCH3 is 1. The van der Waals surface area contributed by atoms with E-state index in [1.54, 1.807) is 33.1 Å². The molecule has 0 spiro atoms. The molecule has 2 N–H and O–H groups in total. The minimum atomic E-state index is -0.421. The van der Waals surface area contributed by atoms with Crippen molar-refractivity contribution in [1.29, 1.82) is 0 Å². The molecule has 1 atom stereocenters. The maximum Gasteiger partial charge on any atom is 0.251 e. The van der Waals surface area contributed by atoms with E-state index in [0.717, 1.165) is 0 Å². The number of H-pyrrole nitrogens is 1. The first-order chi connectivity index (χ1) is 10.5. The van der Waals surface area contributed by atoms with Crippen molar-refractivity contribution in [1.82, 2.24) is 9.97 Å². The van der Waals surface area contributed by atoms with Gasteiger partial charge in [0, 0.05) is 11.8 Å². The molecule has 1 aromatic carbocycles. The van der Waals surface area contributed by atoms with Gasteiger partial charge in [-0.05, 0) is 26.0 Å². The SMILES string of the molecule is COc1ccccc1NC(=O)[C@@H](C)Sc1nc(C)cc(=O)[nH]1. The molecule has 2 aromatic rings. The summed E-state index contributed by atoms with van der Waals surface area (Å²) in [5.41, 5.74) is 0.990. The van der Waals surface area contributed by atoms with Crippen LogP contribution >= 0.6 is 11.8 Å². The predicted molar refractivity (Wildman–Crippen MR) is 86.5 cm³/mol. The van der Waals surface area contributed by atoms with Crippen LogP contribution in [0.2, 0.25) is 0 Å². The number of nitrogens with zero attached hydrogens (tertiary/aromatic N) is 1. The molecule has 1 amide bonds. The highest BCUT2D eigenvalue weighted by Crippen LogP contribution is 2.25. The lowest BCUT2D eigenvalue weighted by Crippen LogP contribution is -2.23. The van der Waals surface area contributed by atoms with Crippen LogP contribution < -0.4 is 15.6 Å². The molecular formula is C15H17N3O3S. The Kier molecular flexibility index (Phi) is 5.21. The second-order valence-corrected chi connectivity index (χ2v) is 5.97. The van der Waals surface area contributed by atoms with Crippen LogP contribution in [0.5, 0.6) is 5.75 Å². The van der Waals surface area contributed by atoms with E-state index in [2.05, 4.69) is 15.3 Å². The molecule has 22 heavy (non-hydrogen) atoms. The van der Waals surface area contributed by atoms with Crippen molar-refractivity contribution in [3.05, 3.63) is 46.4 Å². The minimum Gasteiger partial charge on any atom is -0.495 e. The van der Waals surface area contributed by atoms with Gasteiger partial charge in [-0.3, -0.25) is 9.59 Å². The zero-order chi connectivity index (χ0) is 16.1. The first kappa shape index (κ1) is 16.1. The average Bonchev–Trinajstić information content (AvgIpc) is 2.46. The Balaban J connectivity index is 2.07. The molecule has 0 fully saturated rings. The fraction of sp³-hybridized carbons (Fsp3) is 0.267. The molecule has 0 aliphatic carbocycles. The van der Waals surface area contributed by atoms with Crippen molar-refractivity contribution in [2.45, 2.75) is 24.3 Å². The summed E-state index contributed by atoms with van der Waals surface area (Å²) in [7, 11) is 1.55. The number of carbonyl (C=O) groups is 1. The van der Waals surface area contributed by atoms with Crippen LogP contribution in [0.4, 0.5) is 5.69 Å². The van der Waals surface area contributed by atoms with Gasteiger partial charge in [-0.25, -0.2) is 4.98 Å². The summed E-state index contributed by atoms with van der Waals surface area (Å²) in [4.78, 5) is 30.5. The van der Waals surface area contributed by atoms with Gasteiger partial charge in [0.25, 0.3) is 5.56 Å². The largest absolute Gasteiger partial charge is 0.495 e. The Hall–Kier alpha value is -2.28. The molecule has 0 aliphatic heterocycles. The Morgan fingerprint density at radius 3 is 2.82 bits per heavy atom. The first-order valence-electron chi connectivity index (χ1n) is 6.68. The van der Waals surface area contributed by atoms with E-state index in [0.29, 0.717) is 22.3 Å². The van der Waals surface area contributed by atoms with E-state index >= 15 is 0 Å². The Bertz CT molecular complexity index is 730. The zero-order valence-electron chi connectivity index (χ0n) is 12.5. The van der Waals surface area contributed by atoms with Gasteiger partial charge in [0.2, 0.25) is 5.91 Å². The number of amides is 1. The summed E-state index contributed by atoms with van der Waals surface area (Å²) >= 11 is 1.19. The van der Waals surface area contributed by atoms with Crippen LogP contribution in [0.1, 0.15) is 12.6 Å². The van der Waals surface area contributed by atoms with E-state index in [4.69, 9.17) is 4.74 Å². The van der Waals surface area contributed by atoms with E-state index in [1.807, 2.05) is 12.1 Å². The molecule has 1 aromatic heterocycles. The number of nitrogens with one attached hydrogen (secondary N) is 2. The van der Waals surface area contributed by atoms with Crippen molar-refractivity contribution in [2.24, 2.45) is 0 Å². The van der Waals surface area contributed by atoms with Crippen molar-refractivity contribution >= 4 is 23.4 Å². The molecule has 0 radical (unpaired) electrons. The van der Waals surface area contributed by atoms with Crippen LogP contribution in [0, 0.1) is 6.92 Å². The number of aryl methyl sites for hydroxylation is 1. The van der Waals surface area contributed by atoms with Gasteiger partial charge < -0.3 is 15.0 Å². The molecule has 0 saturated carbocycles. The first-order valence-corrected chi connectivity index (χ1v) is 7.56. The van der Waals surface area contributed by atoms with Gasteiger partial charge in [-0.2, -0.15) is 0 Å². The number of para-hydroxylation sites is 2. The average molecular weight is 319 g/mol. The number of ether oxygens (including phenoxy) is 1. The molecule has 6 nitrogen and oxygen atoms in total. The second kappa shape index (κ2) is 7.13. The number of hydrogen-bond acceptors (Lipinski definition) is 5. The van der Waals surface area contributed by atoms with Crippen molar-refractivity contribution < 1.29 is 9.53 Å². The maximum absolute atomic E-state index is 12.2. The van der Waals surface area contributed by atoms with Gasteiger partial charge in [0.1, 0.15) is 5.75 Å². The lowest BCUT2D eigenvalue weighted by Gasteiger charge is -2.13. The molecule has 2 rings (SSSR count). The lowest BCUT2D eigenvalue weighted by molar-refractivity contribution is -0.115. The van der Waals surface area contributed by atoms with E-state index in [9.17, 15) is 9.59 Å². The second-order valence-electron chi connectivity index (χ2n) is 4.64. The van der Waals surface area contributed by atoms with E-state index in [1.165, 1.54) is 17.8 Å². The molecule has 1 heterocycles. The molecule has 0 saturated heterocycles. The number of thioether (sulfide) groups is 1. The van der Waals surface area contributed by atoms with Crippen LogP contribution in [0.25, 0.3) is 0 Å². The van der Waals surface area contributed by atoms with Crippen molar-refractivity contribution in [3.63, 3.8) is 0 Å². The number of benzene rings is 1. The summed E-state index contributed by atoms with van der Waals surface area (Å²) in [6.45, 7) is 3.48. The standard InChI is InChI=1S/C15H17N3O3S/c1-9-8-13(19)18-15(16-9)22-10(2)14(20)17-11-6-4-5-7-12(11)21-3/h4-8,10H,1-3H3,(H,17,20)(H,16,18,19)/t10-/m1/s1. The minimum absolute atomic E-state index is 0.196. The number of anilines is 1. The topological polar surface area (TPSA) is 84.1 Å². The van der Waals surface area contributed by atoms with Gasteiger partial charge >= 0.3 is 0 Å². The third-order valence-electron chi connectivity index (χ3n) is 2.87. The van der Waals surface area contributed by atoms with Gasteiger partial charge in [-0.15, -0.1) is 0 Å². The Labute approximate surface area is 132 Å². The van der Waals surface area contributed by atoms with Crippen LogP contribution in [-0.4, -0.2) is 28.2 Å². The summed E-state index contributed by atoms with van der Waals surface area (Å²) in [6, 6.07) is 8.58. The Morgan fingerprint density at radius 1 is 1.41 bits per heavy atom. The van der Waals surface area contributed by atoms with Crippen molar-refractivity contribution in [3.8, 4) is 5.75 Å². The molecule has 0 bridgehead atoms. The highest BCUT2D eigenvalue weighted by molar-refractivity contribution is 8.00. The van der Waals surface area contributed by atoms with Gasteiger partial charge in [-0.1, -0.05) is 23.9 Å². The van der Waals surface area contributed by atoms with Crippen molar-refractivity contribution in [2.75, 3.05) is 12.4 Å². The number of hydrogen-bond donors (Lipinski definition) is 2. The highest BCUT2D eigenvalue weighted by Gasteiger charge is 2.17. The monoisotopic (exact) mass is 319 g/mol. The van der Waals surface area contributed by atoms with E-state index < -0.39 is 5.25 Å². The summed E-state index contributed by atoms with van der Waals surface area (Å²) in [5.74, 6) is 0.397. The fourth-order valence-corrected chi connectivity index (χ4v) is 2.67. The van der Waals surface area contributed by atoms with Crippen LogP contribution in [0.3, 0.4) is 0 Å². The zero-order valence-corrected chi connectivity index (χ0v) is 13.4. The molecule has 0 unspecified atom stereocenters. The van der Waals surface area contributed by atoms with Crippen LogP contribution in [0.15, 0.2) is 40.3 Å². The third-order valence-corrected chi connectivity index (χ3v) is 3.85. The molecule has 7 heteroatoms. The number of carbonyl (C=O) groups excluding carboxylic acids is 1. The highest BCUT2D eigenvalue weighted by atomic mass is 32.2. The maximum atomic E-state index is 12.2. The number of aromatic amines is 1. The summed E-state index contributed by atoms with van der Waals surface area (Å²) in [6.07, 6.45) is 0. The van der Waals surface area contributed by atoms with E-state index in [-0.39, 0.29) is 11.5 Å². The molecule has 0 aliphatic rings. The summed E-state index contributed by atoms with van der Waals surface area (Å²) in [5, 5.41) is 2.81. The van der Waals surface area contributed by atoms with Gasteiger partial charge in [0.05, 0.1) is 18.0 Å². The number of aromatic nitrogens is 2. The molecular weight excluding hydrogens is 302 g/mol. The normalized spacial score (nSPS) is 11.8. The predicted octanol–water partition coefficient (Wildman–Crippen LogP) is 2.21. The van der Waals surface area contributed by atoms with Gasteiger partial charge in [0.15, 0.2) is 5.16 Å². The number of rotatable bonds is 5. The van der Waals surface area contributed by atoms with Crippen LogP contribution in [-0.2, 0) is 4.79 Å². The third kappa shape index (κ3) is 4.11. The Morgan fingerprint density at radius 2 is 2.14 bits per heavy atom. The summed E-state index contributed by atoms with van der Waals surface area (Å²) < 4.78 is 5.19. The molecule has 116 valence electrons.